The first-order valence-corrected chi connectivity index (χ1v) is 30.3. The van der Waals surface area contributed by atoms with Crippen molar-refractivity contribution in [2.45, 2.75) is 159 Å². The molecule has 0 unspecified atom stereocenters. The summed E-state index contributed by atoms with van der Waals surface area (Å²) in [5, 5.41) is 26.5. The van der Waals surface area contributed by atoms with Crippen molar-refractivity contribution in [3.8, 4) is 0 Å². The highest BCUT2D eigenvalue weighted by molar-refractivity contribution is 7.09. The molecule has 0 amide bonds. The van der Waals surface area contributed by atoms with Crippen LogP contribution in [-0.2, 0) is 21.1 Å². The molecule has 11 aromatic heterocycles. The number of hydrogen-bond acceptors (Lipinski definition) is 21. The molecule has 11 aromatic rings. The van der Waals surface area contributed by atoms with Gasteiger partial charge in [0.2, 0.25) is 17.7 Å². The number of nitrogens with zero attached hydrogens (tertiary/aromatic N) is 18. The van der Waals surface area contributed by atoms with Crippen LogP contribution in [0.3, 0.4) is 0 Å². The van der Waals surface area contributed by atoms with Crippen molar-refractivity contribution < 1.29 is 8.94 Å². The molecule has 0 saturated carbocycles. The lowest BCUT2D eigenvalue weighted by molar-refractivity contribution is 0.389. The maximum Gasteiger partial charge on any atom is 0.223 e. The fourth-order valence-corrected chi connectivity index (χ4v) is 6.87. The number of rotatable bonds is 0. The lowest BCUT2D eigenvalue weighted by Crippen LogP contribution is -1.91. The molecule has 458 valence electrons. The number of pyridine rings is 1. The van der Waals surface area contributed by atoms with Crippen LogP contribution in [0.4, 0.5) is 0 Å². The minimum atomic E-state index is 0.623. The Morgan fingerprint density at radius 2 is 0.867 bits per heavy atom. The lowest BCUT2D eigenvalue weighted by atomic mass is 10.4. The van der Waals surface area contributed by atoms with Gasteiger partial charge < -0.3 is 18.1 Å². The molecule has 24 heteroatoms. The molecule has 0 atom stereocenters. The van der Waals surface area contributed by atoms with Gasteiger partial charge in [0.15, 0.2) is 5.82 Å². The van der Waals surface area contributed by atoms with Gasteiger partial charge in [0.1, 0.15) is 28.0 Å². The highest BCUT2D eigenvalue weighted by Crippen LogP contribution is 2.06. The summed E-state index contributed by atoms with van der Waals surface area (Å²) < 4.78 is 23.2. The Hall–Kier alpha value is -7.41. The SMILES string of the molecule is CC.CC.CC.CC.Cc1ccn(C)c1.Cc1ccn(C)c1.Cc1cnnn1C.Cc1csc(C)n1.Cc1csc(C)n1.Cc1nnc(C)o1.Cc1noc(C)n1.Cc1nsc(C)n1.Cc1nsc(C)n1.c1ccncc1.c1cncnc1. The number of aromatic nitrogens is 18. The predicted octanol–water partition coefficient (Wildman–Crippen LogP) is 15.7. The van der Waals surface area contributed by atoms with Crippen molar-refractivity contribution >= 4 is 45.7 Å². The van der Waals surface area contributed by atoms with Crippen LogP contribution in [0.25, 0.3) is 0 Å². The Balaban J connectivity index is -0.000000408. The van der Waals surface area contributed by atoms with Crippen molar-refractivity contribution in [3.05, 3.63) is 193 Å². The second kappa shape index (κ2) is 55.1. The highest BCUT2D eigenvalue weighted by Gasteiger charge is 1.92. The summed E-state index contributed by atoms with van der Waals surface area (Å²) >= 11 is 6.27. The fourth-order valence-electron chi connectivity index (χ4n) is 4.73. The molecule has 0 aliphatic rings. The van der Waals surface area contributed by atoms with Gasteiger partial charge in [-0.2, -0.15) is 13.7 Å². The van der Waals surface area contributed by atoms with Crippen LogP contribution in [0.15, 0.2) is 118 Å². The molecular formula is C59H96N18O2S4. The second-order valence-corrected chi connectivity index (χ2v) is 19.6. The molecule has 0 aliphatic heterocycles. The summed E-state index contributed by atoms with van der Waals surface area (Å²) in [6, 6.07) is 11.7. The minimum Gasteiger partial charge on any atom is -0.426 e. The number of aryl methyl sites for hydroxylation is 18. The second-order valence-electron chi connectivity index (χ2n) is 15.6. The van der Waals surface area contributed by atoms with E-state index in [4.69, 9.17) is 4.42 Å². The zero-order valence-corrected chi connectivity index (χ0v) is 57.7. The zero-order chi connectivity index (χ0) is 64.0. The first-order valence-electron chi connectivity index (χ1n) is 27.0. The molecule has 20 nitrogen and oxygen atoms in total. The molecule has 11 heterocycles. The molecule has 0 fully saturated rings. The summed E-state index contributed by atoms with van der Waals surface area (Å²) in [5.74, 6) is 4.31. The molecular weight excluding hydrogens is 1120 g/mol. The van der Waals surface area contributed by atoms with Gasteiger partial charge in [-0.05, 0) is 148 Å². The summed E-state index contributed by atoms with van der Waals surface area (Å²) in [6.45, 7) is 44.9. The van der Waals surface area contributed by atoms with Gasteiger partial charge in [-0.25, -0.2) is 29.9 Å². The van der Waals surface area contributed by atoms with E-state index >= 15 is 0 Å². The van der Waals surface area contributed by atoms with Crippen molar-refractivity contribution in [1.82, 2.24) is 88.1 Å². The number of thiazole rings is 2. The summed E-state index contributed by atoms with van der Waals surface area (Å²) in [7, 11) is 5.91. The maximum atomic E-state index is 4.86. The van der Waals surface area contributed by atoms with Gasteiger partial charge in [-0.15, -0.1) is 38.0 Å². The third-order valence-corrected chi connectivity index (χ3v) is 11.1. The Morgan fingerprint density at radius 1 is 0.446 bits per heavy atom. The van der Waals surface area contributed by atoms with E-state index < -0.39 is 0 Å². The summed E-state index contributed by atoms with van der Waals surface area (Å²) in [6.07, 6.45) is 18.3. The van der Waals surface area contributed by atoms with E-state index in [1.807, 2.05) is 179 Å². The van der Waals surface area contributed by atoms with E-state index in [1.165, 1.54) is 40.5 Å². The van der Waals surface area contributed by atoms with Crippen LogP contribution in [0, 0.1) is 104 Å². The standard InChI is InChI=1S/2C6H9N.2C5H7NS.C5H5N.C4H7N3.2C4H6N2O.2C4H6N2S.C4H4N2.4C2H6/c2*1-6-3-4-7(2)5-6;2*1-4-3-7-5(2)6-4;1-2-4-6-5-3-1;1-4-3-5-6-7(4)2;1-3-5-6-4(2)7-3;3*1-3-5-4(2)7-6-3;1-2-5-4-6-3-1;4*1-2/h2*3-5H,1-2H3;2*3H,1-2H3;1-5H;3H,1-2H3;4*1-2H3;1-4H;4*1-2H3. The van der Waals surface area contributed by atoms with Gasteiger partial charge in [0, 0.05) is 114 Å². The van der Waals surface area contributed by atoms with Gasteiger partial charge >= 0.3 is 0 Å². The van der Waals surface area contributed by atoms with Crippen LogP contribution in [0.1, 0.15) is 139 Å². The molecule has 0 bridgehead atoms. The van der Waals surface area contributed by atoms with E-state index in [1.54, 1.807) is 92.1 Å². The Labute approximate surface area is 512 Å². The van der Waals surface area contributed by atoms with Gasteiger partial charge in [-0.3, -0.25) is 9.67 Å². The molecule has 0 spiro atoms. The fraction of sp³-hybridized carbons (Fsp3) is 0.441. The average Bonchev–Trinajstić information content (AvgIpc) is 4.41. The molecule has 0 N–H and O–H groups in total. The third kappa shape index (κ3) is 52.4. The minimum absolute atomic E-state index is 0.623. The Bertz CT molecular complexity index is 2350. The van der Waals surface area contributed by atoms with Gasteiger partial charge in [0.25, 0.3) is 0 Å². The largest absolute Gasteiger partial charge is 0.426 e. The smallest absolute Gasteiger partial charge is 0.223 e. The van der Waals surface area contributed by atoms with Crippen LogP contribution in [0.2, 0.25) is 0 Å². The van der Waals surface area contributed by atoms with Gasteiger partial charge in [-0.1, -0.05) is 71.8 Å². The highest BCUT2D eigenvalue weighted by atomic mass is 32.1. The van der Waals surface area contributed by atoms with Crippen LogP contribution in [-0.4, -0.2) is 88.1 Å². The monoisotopic (exact) mass is 1220 g/mol. The lowest BCUT2D eigenvalue weighted by Gasteiger charge is -1.84. The first kappa shape index (κ1) is 82.1. The number of hydrogen-bond donors (Lipinski definition) is 0. The average molecular weight is 1220 g/mol. The van der Waals surface area contributed by atoms with Crippen LogP contribution >= 0.6 is 45.7 Å². The zero-order valence-electron chi connectivity index (χ0n) is 54.4. The van der Waals surface area contributed by atoms with Crippen molar-refractivity contribution in [1.29, 1.82) is 0 Å². The van der Waals surface area contributed by atoms with Gasteiger partial charge in [0.05, 0.1) is 21.9 Å². The van der Waals surface area contributed by atoms with Crippen LogP contribution < -0.4 is 0 Å². The molecule has 0 radical (unpaired) electrons. The van der Waals surface area contributed by atoms with Crippen molar-refractivity contribution in [2.75, 3.05) is 0 Å². The molecule has 11 rings (SSSR count). The summed E-state index contributed by atoms with van der Waals surface area (Å²) in [5.41, 5.74) is 5.98. The van der Waals surface area contributed by atoms with E-state index in [0.29, 0.717) is 23.5 Å². The normalized spacial score (nSPS) is 8.60. The maximum absolute atomic E-state index is 4.86. The van der Waals surface area contributed by atoms with E-state index in [-0.39, 0.29) is 0 Å². The molecule has 0 aliphatic carbocycles. The predicted molar refractivity (Wildman–Crippen MR) is 347 cm³/mol. The molecule has 0 aromatic carbocycles. The van der Waals surface area contributed by atoms with E-state index in [9.17, 15) is 0 Å². The van der Waals surface area contributed by atoms with Crippen LogP contribution in [0.5, 0.6) is 0 Å². The van der Waals surface area contributed by atoms with E-state index in [0.717, 1.165) is 48.8 Å². The van der Waals surface area contributed by atoms with Crippen molar-refractivity contribution in [2.24, 2.45) is 21.1 Å². The van der Waals surface area contributed by atoms with E-state index in [2.05, 4.69) is 128 Å². The van der Waals surface area contributed by atoms with Crippen molar-refractivity contribution in [3.63, 3.8) is 0 Å². The Kier molecular flexibility index (Phi) is 54.5. The first-order chi connectivity index (χ1) is 39.6. The quantitative estimate of drug-likeness (QED) is 0.137. The molecule has 0 saturated heterocycles. The summed E-state index contributed by atoms with van der Waals surface area (Å²) in [4.78, 5) is 31.3. The molecule has 83 heavy (non-hydrogen) atoms. The Morgan fingerprint density at radius 3 is 0.964 bits per heavy atom. The topological polar surface area (TPSA) is 234 Å². The third-order valence-electron chi connectivity index (χ3n) is 7.93.